The number of likely N-dealkylation sites (tertiary alicyclic amines) is 1. The highest BCUT2D eigenvalue weighted by Gasteiger charge is 2.24. The standard InChI is InChI=1S/C15H22BrFN2/c1-11(13-5-6-15(17)14(16)8-13)19-7-3-4-12(10-19)9-18-2/h5-6,8,11-12,18H,3-4,7,9-10H2,1-2H3. The fourth-order valence-corrected chi connectivity index (χ4v) is 3.28. The van der Waals surface area contributed by atoms with E-state index in [1.54, 1.807) is 6.07 Å². The van der Waals surface area contributed by atoms with Crippen LogP contribution in [0.5, 0.6) is 0 Å². The van der Waals surface area contributed by atoms with Crippen molar-refractivity contribution in [2.45, 2.75) is 25.8 Å². The van der Waals surface area contributed by atoms with Gasteiger partial charge in [0.05, 0.1) is 4.47 Å². The lowest BCUT2D eigenvalue weighted by molar-refractivity contribution is 0.131. The smallest absolute Gasteiger partial charge is 0.137 e. The summed E-state index contributed by atoms with van der Waals surface area (Å²) in [5.74, 6) is 0.535. The van der Waals surface area contributed by atoms with Gasteiger partial charge in [0.25, 0.3) is 0 Å². The maximum atomic E-state index is 13.3. The van der Waals surface area contributed by atoms with E-state index in [0.29, 0.717) is 10.5 Å². The van der Waals surface area contributed by atoms with Gasteiger partial charge >= 0.3 is 0 Å². The lowest BCUT2D eigenvalue weighted by atomic mass is 9.95. The molecule has 1 aliphatic heterocycles. The second-order valence-electron chi connectivity index (χ2n) is 5.41. The Balaban J connectivity index is 2.05. The molecule has 2 rings (SSSR count). The minimum absolute atomic E-state index is 0.192. The van der Waals surface area contributed by atoms with Crippen LogP contribution >= 0.6 is 15.9 Å². The summed E-state index contributed by atoms with van der Waals surface area (Å²) in [6.45, 7) is 5.55. The van der Waals surface area contributed by atoms with Gasteiger partial charge in [0.2, 0.25) is 0 Å². The number of hydrogen-bond donors (Lipinski definition) is 1. The predicted octanol–water partition coefficient (Wildman–Crippen LogP) is 3.58. The molecule has 4 heteroatoms. The summed E-state index contributed by atoms with van der Waals surface area (Å²) >= 11 is 3.27. The maximum absolute atomic E-state index is 13.3. The Morgan fingerprint density at radius 1 is 1.53 bits per heavy atom. The first-order chi connectivity index (χ1) is 9.11. The second kappa shape index (κ2) is 6.82. The molecular formula is C15H22BrFN2. The van der Waals surface area contributed by atoms with Crippen molar-refractivity contribution < 1.29 is 4.39 Å². The highest BCUT2D eigenvalue weighted by atomic mass is 79.9. The van der Waals surface area contributed by atoms with Crippen LogP contribution < -0.4 is 5.32 Å². The van der Waals surface area contributed by atoms with Gasteiger partial charge in [-0.3, -0.25) is 4.90 Å². The van der Waals surface area contributed by atoms with Crippen LogP contribution in [0.15, 0.2) is 22.7 Å². The molecule has 0 spiro atoms. The monoisotopic (exact) mass is 328 g/mol. The van der Waals surface area contributed by atoms with Crippen molar-refractivity contribution in [1.82, 2.24) is 10.2 Å². The first-order valence-corrected chi connectivity index (χ1v) is 7.74. The number of nitrogens with zero attached hydrogens (tertiary/aromatic N) is 1. The molecule has 0 aliphatic carbocycles. The molecular weight excluding hydrogens is 307 g/mol. The first kappa shape index (κ1) is 14.9. The average Bonchev–Trinajstić information content (AvgIpc) is 2.42. The quantitative estimate of drug-likeness (QED) is 0.908. The van der Waals surface area contributed by atoms with Crippen LogP contribution in [0.3, 0.4) is 0 Å². The maximum Gasteiger partial charge on any atom is 0.137 e. The van der Waals surface area contributed by atoms with Crippen molar-refractivity contribution in [1.29, 1.82) is 0 Å². The summed E-state index contributed by atoms with van der Waals surface area (Å²) in [7, 11) is 2.01. The van der Waals surface area contributed by atoms with Gasteiger partial charge in [-0.25, -0.2) is 4.39 Å². The van der Waals surface area contributed by atoms with Gasteiger partial charge in [-0.2, -0.15) is 0 Å². The number of halogens is 2. The van der Waals surface area contributed by atoms with Gasteiger partial charge in [-0.05, 0) is 79.4 Å². The zero-order valence-corrected chi connectivity index (χ0v) is 13.2. The molecule has 0 aromatic heterocycles. The Morgan fingerprint density at radius 3 is 3.00 bits per heavy atom. The van der Waals surface area contributed by atoms with Crippen molar-refractivity contribution in [2.75, 3.05) is 26.7 Å². The Hall–Kier alpha value is -0.450. The van der Waals surface area contributed by atoms with E-state index in [1.807, 2.05) is 19.2 Å². The summed E-state index contributed by atoms with van der Waals surface area (Å²) in [5, 5.41) is 3.27. The third-order valence-electron chi connectivity index (χ3n) is 4.02. The number of benzene rings is 1. The topological polar surface area (TPSA) is 15.3 Å². The van der Waals surface area contributed by atoms with E-state index in [1.165, 1.54) is 18.4 Å². The summed E-state index contributed by atoms with van der Waals surface area (Å²) in [6.07, 6.45) is 2.55. The van der Waals surface area contributed by atoms with Gasteiger partial charge in [0.15, 0.2) is 0 Å². The molecule has 2 unspecified atom stereocenters. The Labute approximate surface area is 123 Å². The van der Waals surface area contributed by atoms with Gasteiger partial charge in [0, 0.05) is 12.6 Å². The summed E-state index contributed by atoms with van der Waals surface area (Å²) in [4.78, 5) is 2.51. The number of nitrogens with one attached hydrogen (secondary N) is 1. The van der Waals surface area contributed by atoms with E-state index in [-0.39, 0.29) is 5.82 Å². The third kappa shape index (κ3) is 3.77. The Morgan fingerprint density at radius 2 is 2.32 bits per heavy atom. The zero-order chi connectivity index (χ0) is 13.8. The van der Waals surface area contributed by atoms with Crippen molar-refractivity contribution in [3.05, 3.63) is 34.1 Å². The van der Waals surface area contributed by atoms with Gasteiger partial charge in [-0.15, -0.1) is 0 Å². The summed E-state index contributed by atoms with van der Waals surface area (Å²) in [6, 6.07) is 5.69. The number of piperidine rings is 1. The minimum atomic E-state index is -0.192. The molecule has 1 aromatic carbocycles. The van der Waals surface area contributed by atoms with Crippen molar-refractivity contribution in [2.24, 2.45) is 5.92 Å². The zero-order valence-electron chi connectivity index (χ0n) is 11.6. The van der Waals surface area contributed by atoms with Crippen LogP contribution in [-0.2, 0) is 0 Å². The van der Waals surface area contributed by atoms with Gasteiger partial charge < -0.3 is 5.32 Å². The van der Waals surface area contributed by atoms with E-state index >= 15 is 0 Å². The van der Waals surface area contributed by atoms with Crippen LogP contribution in [0.25, 0.3) is 0 Å². The third-order valence-corrected chi connectivity index (χ3v) is 4.62. The van der Waals surface area contributed by atoms with Crippen LogP contribution in [0.2, 0.25) is 0 Å². The van der Waals surface area contributed by atoms with Crippen LogP contribution in [0, 0.1) is 11.7 Å². The predicted molar refractivity (Wildman–Crippen MR) is 80.7 cm³/mol. The molecule has 106 valence electrons. The lowest BCUT2D eigenvalue weighted by Gasteiger charge is -2.37. The van der Waals surface area contributed by atoms with Crippen LogP contribution in [-0.4, -0.2) is 31.6 Å². The molecule has 0 bridgehead atoms. The second-order valence-corrected chi connectivity index (χ2v) is 6.26. The number of rotatable bonds is 4. The van der Waals surface area contributed by atoms with Gasteiger partial charge in [-0.1, -0.05) is 6.07 Å². The van der Waals surface area contributed by atoms with E-state index in [4.69, 9.17) is 0 Å². The summed E-state index contributed by atoms with van der Waals surface area (Å²) < 4.78 is 13.9. The fraction of sp³-hybridized carbons (Fsp3) is 0.600. The molecule has 1 aliphatic rings. The average molecular weight is 329 g/mol. The normalized spacial score (nSPS) is 22.4. The SMILES string of the molecule is CNCC1CCCN(C(C)c2ccc(F)c(Br)c2)C1. The van der Waals surface area contributed by atoms with Crippen LogP contribution in [0.4, 0.5) is 4.39 Å². The van der Waals surface area contributed by atoms with E-state index in [9.17, 15) is 4.39 Å². The fourth-order valence-electron chi connectivity index (χ4n) is 2.89. The Bertz CT molecular complexity index is 423. The highest BCUT2D eigenvalue weighted by Crippen LogP contribution is 2.28. The molecule has 2 atom stereocenters. The van der Waals surface area contributed by atoms with Crippen molar-refractivity contribution >= 4 is 15.9 Å². The molecule has 1 N–H and O–H groups in total. The molecule has 1 saturated heterocycles. The van der Waals surface area contributed by atoms with Crippen LogP contribution in [0.1, 0.15) is 31.4 Å². The van der Waals surface area contributed by atoms with E-state index < -0.39 is 0 Å². The number of hydrogen-bond acceptors (Lipinski definition) is 2. The molecule has 1 fully saturated rings. The Kier molecular flexibility index (Phi) is 5.37. The van der Waals surface area contributed by atoms with Crippen molar-refractivity contribution in [3.8, 4) is 0 Å². The molecule has 0 saturated carbocycles. The molecule has 19 heavy (non-hydrogen) atoms. The highest BCUT2D eigenvalue weighted by molar-refractivity contribution is 9.10. The minimum Gasteiger partial charge on any atom is -0.319 e. The molecule has 0 amide bonds. The van der Waals surface area contributed by atoms with Crippen molar-refractivity contribution in [3.63, 3.8) is 0 Å². The lowest BCUT2D eigenvalue weighted by Crippen LogP contribution is -2.40. The van der Waals surface area contributed by atoms with E-state index in [2.05, 4.69) is 33.1 Å². The molecule has 1 heterocycles. The van der Waals surface area contributed by atoms with Gasteiger partial charge in [0.1, 0.15) is 5.82 Å². The largest absolute Gasteiger partial charge is 0.319 e. The molecule has 1 aromatic rings. The molecule has 0 radical (unpaired) electrons. The van der Waals surface area contributed by atoms with E-state index in [0.717, 1.165) is 25.6 Å². The summed E-state index contributed by atoms with van der Waals surface area (Å²) in [5.41, 5.74) is 1.18. The molecule has 2 nitrogen and oxygen atoms in total. The first-order valence-electron chi connectivity index (χ1n) is 6.95.